The van der Waals surface area contributed by atoms with E-state index in [9.17, 15) is 13.2 Å². The van der Waals surface area contributed by atoms with Crippen molar-refractivity contribution in [2.45, 2.75) is 12.7 Å². The third kappa shape index (κ3) is 3.92. The highest BCUT2D eigenvalue weighted by molar-refractivity contribution is 5.43. The lowest BCUT2D eigenvalue weighted by molar-refractivity contribution is -0.157. The molecule has 4 rings (SSSR count). The van der Waals surface area contributed by atoms with Crippen LogP contribution in [0.4, 0.5) is 19.0 Å². The smallest absolute Gasteiger partial charge is 0.416 e. The molecular formula is C16H16F3N7O. The van der Waals surface area contributed by atoms with Crippen molar-refractivity contribution < 1.29 is 17.6 Å². The largest absolute Gasteiger partial charge is 0.470 e. The van der Waals surface area contributed by atoms with Crippen LogP contribution in [0.2, 0.25) is 0 Å². The van der Waals surface area contributed by atoms with Gasteiger partial charge in [-0.2, -0.15) is 13.2 Å². The normalized spacial score (nSPS) is 16.0. The first-order valence-corrected chi connectivity index (χ1v) is 8.31. The molecule has 0 N–H and O–H groups in total. The fourth-order valence-corrected chi connectivity index (χ4v) is 2.89. The summed E-state index contributed by atoms with van der Waals surface area (Å²) < 4.78 is 44.1. The van der Waals surface area contributed by atoms with Crippen LogP contribution in [-0.4, -0.2) is 55.8 Å². The van der Waals surface area contributed by atoms with E-state index in [4.69, 9.17) is 4.42 Å². The predicted molar refractivity (Wildman–Crippen MR) is 88.1 cm³/mol. The molecule has 11 heteroatoms. The lowest BCUT2D eigenvalue weighted by Gasteiger charge is -2.34. The third-order valence-corrected chi connectivity index (χ3v) is 4.25. The standard InChI is InChI=1S/C16H16F3N7O/c17-16(18,19)15-23-22-14(27-15)10-24-6-8-25(9-7-24)12-2-1-3-13(21-12)26-5-4-20-11-26/h1-5,11H,6-10H2. The summed E-state index contributed by atoms with van der Waals surface area (Å²) in [6.45, 7) is 2.89. The van der Waals surface area contributed by atoms with Gasteiger partial charge in [-0.15, -0.1) is 10.2 Å². The number of hydrogen-bond acceptors (Lipinski definition) is 7. The molecule has 8 nitrogen and oxygen atoms in total. The number of aromatic nitrogens is 5. The Morgan fingerprint density at radius 3 is 2.48 bits per heavy atom. The van der Waals surface area contributed by atoms with Crippen LogP contribution in [0.25, 0.3) is 5.82 Å². The monoisotopic (exact) mass is 379 g/mol. The zero-order valence-corrected chi connectivity index (χ0v) is 14.2. The van der Waals surface area contributed by atoms with Gasteiger partial charge in [0.2, 0.25) is 5.89 Å². The lowest BCUT2D eigenvalue weighted by atomic mass is 10.3. The van der Waals surface area contributed by atoms with E-state index in [-0.39, 0.29) is 12.4 Å². The molecule has 0 atom stereocenters. The summed E-state index contributed by atoms with van der Waals surface area (Å²) in [5, 5.41) is 6.53. The fourth-order valence-electron chi connectivity index (χ4n) is 2.89. The summed E-state index contributed by atoms with van der Waals surface area (Å²) in [6, 6.07) is 5.76. The van der Waals surface area contributed by atoms with E-state index in [1.165, 1.54) is 0 Å². The molecule has 4 heterocycles. The van der Waals surface area contributed by atoms with Crippen molar-refractivity contribution in [1.29, 1.82) is 0 Å². The van der Waals surface area contributed by atoms with Gasteiger partial charge in [0.1, 0.15) is 18.0 Å². The Labute approximate surface area is 152 Å². The first-order valence-electron chi connectivity index (χ1n) is 8.31. The Bertz CT molecular complexity index is 886. The van der Waals surface area contributed by atoms with Gasteiger partial charge < -0.3 is 9.32 Å². The molecule has 0 unspecified atom stereocenters. The Hall–Kier alpha value is -2.95. The van der Waals surface area contributed by atoms with Gasteiger partial charge >= 0.3 is 12.1 Å². The molecule has 1 saturated heterocycles. The molecular weight excluding hydrogens is 363 g/mol. The second-order valence-corrected chi connectivity index (χ2v) is 6.09. The van der Waals surface area contributed by atoms with Crippen molar-refractivity contribution in [3.05, 3.63) is 48.7 Å². The van der Waals surface area contributed by atoms with Gasteiger partial charge in [0.15, 0.2) is 0 Å². The van der Waals surface area contributed by atoms with Crippen molar-refractivity contribution in [1.82, 2.24) is 29.6 Å². The second-order valence-electron chi connectivity index (χ2n) is 6.09. The summed E-state index contributed by atoms with van der Waals surface area (Å²) in [7, 11) is 0. The van der Waals surface area contributed by atoms with Crippen molar-refractivity contribution in [2.24, 2.45) is 0 Å². The number of imidazole rings is 1. The van der Waals surface area contributed by atoms with Gasteiger partial charge in [0.05, 0.1) is 6.54 Å². The molecule has 0 aromatic carbocycles. The Morgan fingerprint density at radius 2 is 1.81 bits per heavy atom. The molecule has 0 saturated carbocycles. The van der Waals surface area contributed by atoms with Gasteiger partial charge in [0, 0.05) is 38.6 Å². The molecule has 3 aromatic rings. The molecule has 1 aliphatic rings. The average molecular weight is 379 g/mol. The Morgan fingerprint density at radius 1 is 1.04 bits per heavy atom. The average Bonchev–Trinajstić information content (AvgIpc) is 3.34. The number of halogens is 3. The number of piperazine rings is 1. The zero-order valence-electron chi connectivity index (χ0n) is 14.2. The highest BCUT2D eigenvalue weighted by atomic mass is 19.4. The third-order valence-electron chi connectivity index (χ3n) is 4.25. The van der Waals surface area contributed by atoms with E-state index in [1.54, 1.807) is 12.5 Å². The van der Waals surface area contributed by atoms with Crippen molar-refractivity contribution in [3.8, 4) is 5.82 Å². The zero-order chi connectivity index (χ0) is 18.9. The van der Waals surface area contributed by atoms with E-state index in [0.717, 1.165) is 11.6 Å². The maximum Gasteiger partial charge on any atom is 0.470 e. The molecule has 0 radical (unpaired) electrons. The SMILES string of the molecule is FC(F)(F)c1nnc(CN2CCN(c3cccc(-n4ccnc4)n3)CC2)o1. The van der Waals surface area contributed by atoms with E-state index in [2.05, 4.69) is 25.1 Å². The maximum atomic E-state index is 12.5. The van der Waals surface area contributed by atoms with Gasteiger partial charge in [-0.05, 0) is 12.1 Å². The summed E-state index contributed by atoms with van der Waals surface area (Å²) in [5.41, 5.74) is 0. The van der Waals surface area contributed by atoms with Crippen molar-refractivity contribution >= 4 is 5.82 Å². The number of anilines is 1. The van der Waals surface area contributed by atoms with E-state index in [0.29, 0.717) is 26.2 Å². The molecule has 0 bridgehead atoms. The van der Waals surface area contributed by atoms with E-state index in [1.807, 2.05) is 33.9 Å². The molecule has 0 aliphatic carbocycles. The number of nitrogens with zero attached hydrogens (tertiary/aromatic N) is 7. The van der Waals surface area contributed by atoms with Crippen LogP contribution < -0.4 is 4.90 Å². The van der Waals surface area contributed by atoms with Crippen LogP contribution >= 0.6 is 0 Å². The van der Waals surface area contributed by atoms with Crippen molar-refractivity contribution in [2.75, 3.05) is 31.1 Å². The minimum Gasteiger partial charge on any atom is -0.416 e. The number of rotatable bonds is 4. The van der Waals surface area contributed by atoms with E-state index >= 15 is 0 Å². The van der Waals surface area contributed by atoms with E-state index < -0.39 is 12.1 Å². The summed E-state index contributed by atoms with van der Waals surface area (Å²) in [4.78, 5) is 12.8. The second kappa shape index (κ2) is 6.99. The van der Waals surface area contributed by atoms with Crippen LogP contribution in [0.15, 0.2) is 41.3 Å². The number of hydrogen-bond donors (Lipinski definition) is 0. The van der Waals surface area contributed by atoms with Crippen LogP contribution in [0, 0.1) is 0 Å². The Balaban J connectivity index is 1.37. The highest BCUT2D eigenvalue weighted by Crippen LogP contribution is 2.28. The van der Waals surface area contributed by atoms with Gasteiger partial charge in [-0.25, -0.2) is 9.97 Å². The molecule has 3 aromatic heterocycles. The first kappa shape index (κ1) is 17.5. The predicted octanol–water partition coefficient (Wildman–Crippen LogP) is 1.99. The summed E-state index contributed by atoms with van der Waals surface area (Å²) in [5.74, 6) is 0.281. The summed E-state index contributed by atoms with van der Waals surface area (Å²) in [6.07, 6.45) is 0.581. The Kier molecular flexibility index (Phi) is 4.52. The number of alkyl halides is 3. The minimum absolute atomic E-state index is 0.0315. The van der Waals surface area contributed by atoms with Crippen LogP contribution in [0.1, 0.15) is 11.8 Å². The summed E-state index contributed by atoms with van der Waals surface area (Å²) >= 11 is 0. The number of pyridine rings is 1. The molecule has 142 valence electrons. The molecule has 0 amide bonds. The lowest BCUT2D eigenvalue weighted by Crippen LogP contribution is -2.46. The topological polar surface area (TPSA) is 76.1 Å². The quantitative estimate of drug-likeness (QED) is 0.686. The maximum absolute atomic E-state index is 12.5. The minimum atomic E-state index is -4.62. The highest BCUT2D eigenvalue weighted by Gasteiger charge is 2.38. The molecule has 1 fully saturated rings. The van der Waals surface area contributed by atoms with Gasteiger partial charge in [0.25, 0.3) is 0 Å². The van der Waals surface area contributed by atoms with Crippen molar-refractivity contribution in [3.63, 3.8) is 0 Å². The van der Waals surface area contributed by atoms with Gasteiger partial charge in [-0.3, -0.25) is 9.47 Å². The fraction of sp³-hybridized carbons (Fsp3) is 0.375. The van der Waals surface area contributed by atoms with Crippen LogP contribution in [0.5, 0.6) is 0 Å². The molecule has 0 spiro atoms. The molecule has 27 heavy (non-hydrogen) atoms. The first-order chi connectivity index (χ1) is 13.0. The van der Waals surface area contributed by atoms with Crippen LogP contribution in [0.3, 0.4) is 0 Å². The van der Waals surface area contributed by atoms with Gasteiger partial charge in [-0.1, -0.05) is 6.07 Å². The molecule has 1 aliphatic heterocycles. The van der Waals surface area contributed by atoms with Crippen LogP contribution in [-0.2, 0) is 12.7 Å².